The SMILES string of the molecule is C=CCOCC(O)CN1CCN(CC)CC1.Cl.Cl. The van der Waals surface area contributed by atoms with E-state index in [1.807, 2.05) is 0 Å². The minimum absolute atomic E-state index is 0. The summed E-state index contributed by atoms with van der Waals surface area (Å²) < 4.78 is 5.22. The molecule has 1 aliphatic rings. The third-order valence-corrected chi connectivity index (χ3v) is 2.93. The number of halogens is 2. The molecule has 1 fully saturated rings. The molecule has 1 N–H and O–H groups in total. The van der Waals surface area contributed by atoms with Gasteiger partial charge in [0.15, 0.2) is 0 Å². The molecule has 4 nitrogen and oxygen atoms in total. The molecule has 0 aromatic rings. The second-order valence-corrected chi connectivity index (χ2v) is 4.21. The summed E-state index contributed by atoms with van der Waals surface area (Å²) in [4.78, 5) is 4.73. The Morgan fingerprint density at radius 3 is 2.28 bits per heavy atom. The van der Waals surface area contributed by atoms with Crippen LogP contribution in [0.15, 0.2) is 12.7 Å². The van der Waals surface area contributed by atoms with E-state index in [0.717, 1.165) is 32.7 Å². The van der Waals surface area contributed by atoms with E-state index in [1.54, 1.807) is 6.08 Å². The van der Waals surface area contributed by atoms with Gasteiger partial charge in [0.05, 0.1) is 19.3 Å². The summed E-state index contributed by atoms with van der Waals surface area (Å²) in [6.45, 7) is 12.8. The highest BCUT2D eigenvalue weighted by Crippen LogP contribution is 2.02. The van der Waals surface area contributed by atoms with E-state index >= 15 is 0 Å². The molecule has 1 rings (SSSR count). The number of hydrogen-bond acceptors (Lipinski definition) is 4. The summed E-state index contributed by atoms with van der Waals surface area (Å²) in [5.41, 5.74) is 0. The molecule has 1 atom stereocenters. The molecule has 0 aromatic carbocycles. The molecule has 1 aliphatic heterocycles. The molecule has 0 spiro atoms. The van der Waals surface area contributed by atoms with E-state index in [4.69, 9.17) is 4.74 Å². The number of hydrogen-bond donors (Lipinski definition) is 1. The minimum Gasteiger partial charge on any atom is -0.389 e. The molecule has 1 heterocycles. The molecule has 0 radical (unpaired) electrons. The predicted octanol–water partition coefficient (Wildman–Crippen LogP) is 1.03. The van der Waals surface area contributed by atoms with Crippen molar-refractivity contribution in [3.8, 4) is 0 Å². The molecule has 0 saturated carbocycles. The molecule has 18 heavy (non-hydrogen) atoms. The number of nitrogens with zero attached hydrogens (tertiary/aromatic N) is 2. The van der Waals surface area contributed by atoms with Crippen LogP contribution in [0.25, 0.3) is 0 Å². The number of piperazine rings is 1. The van der Waals surface area contributed by atoms with Crippen LogP contribution < -0.4 is 0 Å². The number of ether oxygens (including phenoxy) is 1. The summed E-state index contributed by atoms with van der Waals surface area (Å²) in [5, 5.41) is 9.74. The van der Waals surface area contributed by atoms with Gasteiger partial charge in [0.2, 0.25) is 0 Å². The van der Waals surface area contributed by atoms with E-state index < -0.39 is 0 Å². The van der Waals surface area contributed by atoms with Gasteiger partial charge in [-0.2, -0.15) is 0 Å². The topological polar surface area (TPSA) is 35.9 Å². The first-order valence-corrected chi connectivity index (χ1v) is 6.07. The number of β-amino-alcohol motifs (C(OH)–C–C–N with tert-alkyl or cyclic N) is 1. The van der Waals surface area contributed by atoms with Gasteiger partial charge in [-0.1, -0.05) is 13.0 Å². The molecule has 1 saturated heterocycles. The van der Waals surface area contributed by atoms with Crippen LogP contribution in [0.5, 0.6) is 0 Å². The Labute approximate surface area is 123 Å². The van der Waals surface area contributed by atoms with Gasteiger partial charge in [-0.3, -0.25) is 4.90 Å². The van der Waals surface area contributed by atoms with E-state index in [1.165, 1.54) is 0 Å². The van der Waals surface area contributed by atoms with Crippen LogP contribution in [0.1, 0.15) is 6.92 Å². The molecule has 0 aromatic heterocycles. The number of likely N-dealkylation sites (N-methyl/N-ethyl adjacent to an activating group) is 1. The number of aliphatic hydroxyl groups is 1. The lowest BCUT2D eigenvalue weighted by Gasteiger charge is -2.34. The Bertz CT molecular complexity index is 201. The maximum atomic E-state index is 9.74. The van der Waals surface area contributed by atoms with Gasteiger partial charge >= 0.3 is 0 Å². The number of rotatable bonds is 7. The number of aliphatic hydroxyl groups excluding tert-OH is 1. The highest BCUT2D eigenvalue weighted by Gasteiger charge is 2.17. The van der Waals surface area contributed by atoms with Crippen molar-refractivity contribution in [2.75, 3.05) is 52.5 Å². The Balaban J connectivity index is 0. The third-order valence-electron chi connectivity index (χ3n) is 2.93. The van der Waals surface area contributed by atoms with Crippen molar-refractivity contribution in [1.29, 1.82) is 0 Å². The second kappa shape index (κ2) is 12.2. The normalized spacial score (nSPS) is 18.6. The first-order chi connectivity index (χ1) is 7.76. The first kappa shape index (κ1) is 20.5. The van der Waals surface area contributed by atoms with E-state index in [0.29, 0.717) is 19.8 Å². The quantitative estimate of drug-likeness (QED) is 0.563. The minimum atomic E-state index is -0.381. The van der Waals surface area contributed by atoms with Crippen molar-refractivity contribution in [2.24, 2.45) is 0 Å². The Hall–Kier alpha value is 0.160. The van der Waals surface area contributed by atoms with Gasteiger partial charge in [-0.15, -0.1) is 31.4 Å². The standard InChI is InChI=1S/C12H24N2O2.2ClH/c1-3-9-16-11-12(15)10-14-7-5-13(4-2)6-8-14;;/h3,12,15H,1,4-11H2,2H3;2*1H. The molecule has 1 unspecified atom stereocenters. The zero-order valence-electron chi connectivity index (χ0n) is 11.1. The Morgan fingerprint density at radius 1 is 1.22 bits per heavy atom. The Morgan fingerprint density at radius 2 is 1.78 bits per heavy atom. The van der Waals surface area contributed by atoms with Crippen molar-refractivity contribution in [1.82, 2.24) is 9.80 Å². The highest BCUT2D eigenvalue weighted by atomic mass is 35.5. The van der Waals surface area contributed by atoms with Crippen LogP contribution in [0.3, 0.4) is 0 Å². The fourth-order valence-electron chi connectivity index (χ4n) is 1.93. The molecule has 0 amide bonds. The molecule has 110 valence electrons. The van der Waals surface area contributed by atoms with Crippen LogP contribution in [0.2, 0.25) is 0 Å². The smallest absolute Gasteiger partial charge is 0.0900 e. The summed E-state index contributed by atoms with van der Waals surface area (Å²) >= 11 is 0. The molecular weight excluding hydrogens is 275 g/mol. The van der Waals surface area contributed by atoms with Crippen LogP contribution in [0.4, 0.5) is 0 Å². The highest BCUT2D eigenvalue weighted by molar-refractivity contribution is 5.85. The fourth-order valence-corrected chi connectivity index (χ4v) is 1.93. The first-order valence-electron chi connectivity index (χ1n) is 6.07. The second-order valence-electron chi connectivity index (χ2n) is 4.21. The van der Waals surface area contributed by atoms with Gasteiger partial charge in [0, 0.05) is 32.7 Å². The van der Waals surface area contributed by atoms with Crippen LogP contribution >= 0.6 is 24.8 Å². The van der Waals surface area contributed by atoms with Crippen LogP contribution in [-0.2, 0) is 4.74 Å². The van der Waals surface area contributed by atoms with Crippen molar-refractivity contribution < 1.29 is 9.84 Å². The average Bonchev–Trinajstić information content (AvgIpc) is 2.30. The van der Waals surface area contributed by atoms with Crippen molar-refractivity contribution in [2.45, 2.75) is 13.0 Å². The molecular formula is C12H26Cl2N2O2. The monoisotopic (exact) mass is 300 g/mol. The summed E-state index contributed by atoms with van der Waals surface area (Å²) in [6.07, 6.45) is 1.32. The maximum absolute atomic E-state index is 9.74. The lowest BCUT2D eigenvalue weighted by atomic mass is 10.2. The molecule has 0 aliphatic carbocycles. The largest absolute Gasteiger partial charge is 0.389 e. The van der Waals surface area contributed by atoms with Crippen molar-refractivity contribution in [3.63, 3.8) is 0 Å². The van der Waals surface area contributed by atoms with Gasteiger partial charge < -0.3 is 14.7 Å². The third kappa shape index (κ3) is 8.29. The van der Waals surface area contributed by atoms with E-state index in [2.05, 4.69) is 23.3 Å². The van der Waals surface area contributed by atoms with Crippen molar-refractivity contribution in [3.05, 3.63) is 12.7 Å². The average molecular weight is 301 g/mol. The van der Waals surface area contributed by atoms with E-state index in [9.17, 15) is 5.11 Å². The fraction of sp³-hybridized carbons (Fsp3) is 0.833. The molecule has 6 heteroatoms. The van der Waals surface area contributed by atoms with Gasteiger partial charge in [0.25, 0.3) is 0 Å². The lowest BCUT2D eigenvalue weighted by molar-refractivity contribution is 0.0154. The lowest BCUT2D eigenvalue weighted by Crippen LogP contribution is -2.48. The zero-order valence-corrected chi connectivity index (χ0v) is 12.7. The summed E-state index contributed by atoms with van der Waals surface area (Å²) in [5.74, 6) is 0. The maximum Gasteiger partial charge on any atom is 0.0900 e. The summed E-state index contributed by atoms with van der Waals surface area (Å²) in [6, 6.07) is 0. The Kier molecular flexibility index (Phi) is 13.9. The van der Waals surface area contributed by atoms with Gasteiger partial charge in [-0.05, 0) is 6.54 Å². The van der Waals surface area contributed by atoms with Crippen LogP contribution in [0, 0.1) is 0 Å². The molecule has 0 bridgehead atoms. The van der Waals surface area contributed by atoms with E-state index in [-0.39, 0.29) is 30.9 Å². The van der Waals surface area contributed by atoms with Crippen molar-refractivity contribution >= 4 is 24.8 Å². The predicted molar refractivity (Wildman–Crippen MR) is 80.1 cm³/mol. The van der Waals surface area contributed by atoms with Gasteiger partial charge in [0.1, 0.15) is 0 Å². The summed E-state index contributed by atoms with van der Waals surface area (Å²) in [7, 11) is 0. The van der Waals surface area contributed by atoms with Gasteiger partial charge in [-0.25, -0.2) is 0 Å². The van der Waals surface area contributed by atoms with Crippen LogP contribution in [-0.4, -0.2) is 73.5 Å². The zero-order chi connectivity index (χ0) is 11.8.